The van der Waals surface area contributed by atoms with Crippen molar-refractivity contribution in [2.24, 2.45) is 11.8 Å². The smallest absolute Gasteiger partial charge is 0.306 e. The minimum atomic E-state index is -0.747. The van der Waals surface area contributed by atoms with Crippen LogP contribution in [-0.4, -0.2) is 22.0 Å². The zero-order chi connectivity index (χ0) is 15.6. The van der Waals surface area contributed by atoms with Gasteiger partial charge in [0.25, 0.3) is 0 Å². The lowest BCUT2D eigenvalue weighted by Crippen LogP contribution is -2.29. The summed E-state index contributed by atoms with van der Waals surface area (Å²) < 4.78 is 0. The summed E-state index contributed by atoms with van der Waals surface area (Å²) in [6, 6.07) is 0. The second-order valence-corrected chi connectivity index (χ2v) is 7.52. The second kappa shape index (κ2) is 6.13. The Morgan fingerprint density at radius 1 is 1.24 bits per heavy atom. The lowest BCUT2D eigenvalue weighted by molar-refractivity contribution is -0.143. The van der Waals surface area contributed by atoms with Gasteiger partial charge in [-0.05, 0) is 25.7 Å². The van der Waals surface area contributed by atoms with Gasteiger partial charge in [0.15, 0.2) is 5.13 Å². The van der Waals surface area contributed by atoms with Crippen molar-refractivity contribution in [3.05, 3.63) is 11.1 Å². The molecular formula is C15H22N2O3S. The largest absolute Gasteiger partial charge is 0.481 e. The maximum Gasteiger partial charge on any atom is 0.306 e. The van der Waals surface area contributed by atoms with Gasteiger partial charge in [0.2, 0.25) is 5.91 Å². The number of nitrogens with zero attached hydrogens (tertiary/aromatic N) is 1. The SMILES string of the molecule is CC(C)(C)c1csc(NC(=O)C2CCC(C(=O)O)CC2)n1. The Labute approximate surface area is 128 Å². The van der Waals surface area contributed by atoms with Crippen LogP contribution in [0.5, 0.6) is 0 Å². The molecular weight excluding hydrogens is 288 g/mol. The van der Waals surface area contributed by atoms with E-state index in [9.17, 15) is 9.59 Å². The molecule has 1 aromatic rings. The van der Waals surface area contributed by atoms with E-state index < -0.39 is 5.97 Å². The third-order valence-electron chi connectivity index (χ3n) is 3.95. The van der Waals surface area contributed by atoms with Crippen LogP contribution in [-0.2, 0) is 15.0 Å². The Morgan fingerprint density at radius 2 is 1.81 bits per heavy atom. The fourth-order valence-electron chi connectivity index (χ4n) is 2.49. The molecule has 1 saturated carbocycles. The van der Waals surface area contributed by atoms with E-state index in [1.807, 2.05) is 5.38 Å². The van der Waals surface area contributed by atoms with Crippen LogP contribution in [0.3, 0.4) is 0 Å². The van der Waals surface area contributed by atoms with Gasteiger partial charge in [-0.15, -0.1) is 11.3 Å². The average Bonchev–Trinajstić information content (AvgIpc) is 2.87. The Hall–Kier alpha value is -1.43. The van der Waals surface area contributed by atoms with Crippen LogP contribution in [0.4, 0.5) is 5.13 Å². The minimum absolute atomic E-state index is 0.0287. The van der Waals surface area contributed by atoms with Crippen molar-refractivity contribution in [1.29, 1.82) is 0 Å². The normalized spacial score (nSPS) is 22.8. The molecule has 2 rings (SSSR count). The van der Waals surface area contributed by atoms with Crippen LogP contribution < -0.4 is 5.32 Å². The number of carboxylic acids is 1. The van der Waals surface area contributed by atoms with E-state index in [0.29, 0.717) is 30.8 Å². The van der Waals surface area contributed by atoms with Crippen molar-refractivity contribution < 1.29 is 14.7 Å². The Bertz CT molecular complexity index is 525. The molecule has 0 saturated heterocycles. The van der Waals surface area contributed by atoms with E-state index >= 15 is 0 Å². The molecule has 6 heteroatoms. The number of amides is 1. The number of anilines is 1. The molecule has 1 heterocycles. The quantitative estimate of drug-likeness (QED) is 0.898. The van der Waals surface area contributed by atoms with E-state index in [-0.39, 0.29) is 23.2 Å². The number of nitrogens with one attached hydrogen (secondary N) is 1. The van der Waals surface area contributed by atoms with Gasteiger partial charge in [-0.25, -0.2) is 4.98 Å². The Kier molecular flexibility index (Phi) is 4.66. The lowest BCUT2D eigenvalue weighted by atomic mass is 9.81. The topological polar surface area (TPSA) is 79.3 Å². The molecule has 0 spiro atoms. The maximum atomic E-state index is 12.2. The van der Waals surface area contributed by atoms with Gasteiger partial charge < -0.3 is 10.4 Å². The first kappa shape index (κ1) is 15.9. The Balaban J connectivity index is 1.91. The van der Waals surface area contributed by atoms with E-state index in [2.05, 4.69) is 31.1 Å². The second-order valence-electron chi connectivity index (χ2n) is 6.66. The average molecular weight is 310 g/mol. The van der Waals surface area contributed by atoms with Crippen molar-refractivity contribution in [2.45, 2.75) is 51.9 Å². The third kappa shape index (κ3) is 4.03. The molecule has 0 radical (unpaired) electrons. The highest BCUT2D eigenvalue weighted by molar-refractivity contribution is 7.13. The zero-order valence-electron chi connectivity index (χ0n) is 12.7. The number of hydrogen-bond acceptors (Lipinski definition) is 4. The molecule has 116 valence electrons. The first-order valence-electron chi connectivity index (χ1n) is 7.27. The number of rotatable bonds is 3. The van der Waals surface area contributed by atoms with Crippen molar-refractivity contribution in [1.82, 2.24) is 4.98 Å². The van der Waals surface area contributed by atoms with Crippen LogP contribution in [0.1, 0.15) is 52.1 Å². The minimum Gasteiger partial charge on any atom is -0.481 e. The number of carbonyl (C=O) groups is 2. The molecule has 0 unspecified atom stereocenters. The highest BCUT2D eigenvalue weighted by Crippen LogP contribution is 2.31. The molecule has 1 aromatic heterocycles. The van der Waals surface area contributed by atoms with Gasteiger partial charge in [0.1, 0.15) is 0 Å². The fourth-order valence-corrected chi connectivity index (χ4v) is 3.43. The third-order valence-corrected chi connectivity index (χ3v) is 4.71. The summed E-state index contributed by atoms with van der Waals surface area (Å²) in [6.45, 7) is 6.25. The summed E-state index contributed by atoms with van der Waals surface area (Å²) in [4.78, 5) is 27.6. The number of carbonyl (C=O) groups excluding carboxylic acids is 1. The van der Waals surface area contributed by atoms with Gasteiger partial charge in [-0.1, -0.05) is 20.8 Å². The molecule has 1 aliphatic carbocycles. The van der Waals surface area contributed by atoms with Gasteiger partial charge in [-0.2, -0.15) is 0 Å². The molecule has 21 heavy (non-hydrogen) atoms. The van der Waals surface area contributed by atoms with Crippen molar-refractivity contribution in [3.8, 4) is 0 Å². The zero-order valence-corrected chi connectivity index (χ0v) is 13.5. The van der Waals surface area contributed by atoms with Crippen molar-refractivity contribution in [3.63, 3.8) is 0 Å². The monoisotopic (exact) mass is 310 g/mol. The summed E-state index contributed by atoms with van der Waals surface area (Å²) in [6.07, 6.45) is 2.44. The van der Waals surface area contributed by atoms with Crippen LogP contribution in [0.25, 0.3) is 0 Å². The maximum absolute atomic E-state index is 12.2. The van der Waals surface area contributed by atoms with Crippen molar-refractivity contribution >= 4 is 28.3 Å². The number of hydrogen-bond donors (Lipinski definition) is 2. The summed E-state index contributed by atoms with van der Waals surface area (Å²) in [5, 5.41) is 14.4. The molecule has 1 fully saturated rings. The van der Waals surface area contributed by atoms with E-state index in [4.69, 9.17) is 5.11 Å². The van der Waals surface area contributed by atoms with Gasteiger partial charge >= 0.3 is 5.97 Å². The summed E-state index contributed by atoms with van der Waals surface area (Å²) in [5.74, 6) is -1.17. The molecule has 5 nitrogen and oxygen atoms in total. The molecule has 0 atom stereocenters. The molecule has 1 amide bonds. The van der Waals surface area contributed by atoms with Crippen LogP contribution in [0.2, 0.25) is 0 Å². The van der Waals surface area contributed by atoms with Crippen molar-refractivity contribution in [2.75, 3.05) is 5.32 Å². The van der Waals surface area contributed by atoms with Crippen LogP contribution >= 0.6 is 11.3 Å². The fraction of sp³-hybridized carbons (Fsp3) is 0.667. The van der Waals surface area contributed by atoms with E-state index in [0.717, 1.165) is 5.69 Å². The molecule has 1 aliphatic rings. The highest BCUT2D eigenvalue weighted by Gasteiger charge is 2.30. The van der Waals surface area contributed by atoms with Gasteiger partial charge in [0, 0.05) is 16.7 Å². The van der Waals surface area contributed by atoms with E-state index in [1.54, 1.807) is 0 Å². The standard InChI is InChI=1S/C15H22N2O3S/c1-15(2,3)11-8-21-14(16-11)17-12(18)9-4-6-10(7-5-9)13(19)20/h8-10H,4-7H2,1-3H3,(H,19,20)(H,16,17,18). The number of aliphatic carboxylic acids is 1. The van der Waals surface area contributed by atoms with Crippen LogP contribution in [0, 0.1) is 11.8 Å². The Morgan fingerprint density at radius 3 is 2.29 bits per heavy atom. The van der Waals surface area contributed by atoms with Gasteiger partial charge in [-0.3, -0.25) is 9.59 Å². The number of thiazole rings is 1. The molecule has 2 N–H and O–H groups in total. The molecule has 0 aliphatic heterocycles. The first-order chi connectivity index (χ1) is 9.77. The predicted molar refractivity (Wildman–Crippen MR) is 82.5 cm³/mol. The predicted octanol–water partition coefficient (Wildman–Crippen LogP) is 3.27. The van der Waals surface area contributed by atoms with Crippen LogP contribution in [0.15, 0.2) is 5.38 Å². The highest BCUT2D eigenvalue weighted by atomic mass is 32.1. The molecule has 0 bridgehead atoms. The number of aromatic nitrogens is 1. The van der Waals surface area contributed by atoms with Gasteiger partial charge in [0.05, 0.1) is 11.6 Å². The summed E-state index contributed by atoms with van der Waals surface area (Å²) in [5.41, 5.74) is 0.941. The summed E-state index contributed by atoms with van der Waals surface area (Å²) >= 11 is 1.44. The first-order valence-corrected chi connectivity index (χ1v) is 8.15. The molecule has 0 aromatic carbocycles. The lowest BCUT2D eigenvalue weighted by Gasteiger charge is -2.24. The summed E-state index contributed by atoms with van der Waals surface area (Å²) in [7, 11) is 0. The number of carboxylic acid groups (broad SMARTS) is 1. The van der Waals surface area contributed by atoms with E-state index in [1.165, 1.54) is 11.3 Å².